The smallest absolute Gasteiger partial charge is 0.189 e. The first kappa shape index (κ1) is 13.3. The van der Waals surface area contributed by atoms with E-state index in [0.717, 1.165) is 18.2 Å². The number of ketones is 1. The summed E-state index contributed by atoms with van der Waals surface area (Å²) in [6.45, 7) is 0.810. The molecule has 0 saturated heterocycles. The molecule has 0 aliphatic carbocycles. The number of nitrogens with two attached hydrogens (primary N) is 1. The molecule has 2 aromatic rings. The third-order valence-corrected chi connectivity index (χ3v) is 2.54. The van der Waals surface area contributed by atoms with Crippen molar-refractivity contribution in [2.24, 2.45) is 5.73 Å². The predicted molar refractivity (Wildman–Crippen MR) is 63.5 cm³/mol. The average molecular weight is 266 g/mol. The molecule has 0 unspecified atom stereocenters. The number of carbonyl (C=O) groups is 1. The van der Waals surface area contributed by atoms with Crippen molar-refractivity contribution in [3.05, 3.63) is 47.3 Å². The van der Waals surface area contributed by atoms with Gasteiger partial charge in [0.1, 0.15) is 17.3 Å². The van der Waals surface area contributed by atoms with E-state index in [0.29, 0.717) is 13.1 Å². The molecule has 0 amide bonds. The fourth-order valence-corrected chi connectivity index (χ4v) is 1.61. The van der Waals surface area contributed by atoms with E-state index < -0.39 is 17.4 Å². The number of rotatable bonds is 5. The molecule has 0 spiro atoms. The summed E-state index contributed by atoms with van der Waals surface area (Å²) in [6.07, 6.45) is 1.18. The van der Waals surface area contributed by atoms with Crippen LogP contribution in [0.2, 0.25) is 0 Å². The molecule has 5 nitrogen and oxygen atoms in total. The fourth-order valence-electron chi connectivity index (χ4n) is 1.61. The first-order valence-corrected chi connectivity index (χ1v) is 5.67. The molecule has 19 heavy (non-hydrogen) atoms. The van der Waals surface area contributed by atoms with Crippen LogP contribution < -0.4 is 5.73 Å². The van der Waals surface area contributed by atoms with Gasteiger partial charge in [0.15, 0.2) is 5.78 Å². The average Bonchev–Trinajstić information content (AvgIpc) is 2.83. The number of halogens is 2. The molecule has 100 valence electrons. The lowest BCUT2D eigenvalue weighted by atomic mass is 10.1. The Balaban J connectivity index is 2.13. The van der Waals surface area contributed by atoms with E-state index in [4.69, 9.17) is 5.73 Å². The van der Waals surface area contributed by atoms with Crippen LogP contribution in [-0.2, 0) is 13.0 Å². The van der Waals surface area contributed by atoms with Gasteiger partial charge in [-0.3, -0.25) is 9.48 Å². The summed E-state index contributed by atoms with van der Waals surface area (Å²) in [4.78, 5) is 11.9. The monoisotopic (exact) mass is 266 g/mol. The van der Waals surface area contributed by atoms with Gasteiger partial charge in [0.05, 0.1) is 12.7 Å². The van der Waals surface area contributed by atoms with E-state index in [1.807, 2.05) is 0 Å². The molecule has 1 heterocycles. The van der Waals surface area contributed by atoms with Crippen LogP contribution in [0.5, 0.6) is 0 Å². The van der Waals surface area contributed by atoms with E-state index in [2.05, 4.69) is 10.3 Å². The SMILES string of the molecule is NCCn1cc(C(=O)Cc2cc(F)ccc2F)nn1. The summed E-state index contributed by atoms with van der Waals surface area (Å²) in [5.74, 6) is -1.63. The van der Waals surface area contributed by atoms with Gasteiger partial charge >= 0.3 is 0 Å². The van der Waals surface area contributed by atoms with Crippen LogP contribution in [0.4, 0.5) is 8.78 Å². The number of aromatic nitrogens is 3. The summed E-state index contributed by atoms with van der Waals surface area (Å²) in [5, 5.41) is 7.38. The second kappa shape index (κ2) is 5.66. The van der Waals surface area contributed by atoms with E-state index in [-0.39, 0.29) is 17.7 Å². The van der Waals surface area contributed by atoms with E-state index in [1.54, 1.807) is 0 Å². The van der Waals surface area contributed by atoms with Gasteiger partial charge in [-0.2, -0.15) is 0 Å². The Labute approximate surface area is 108 Å². The van der Waals surface area contributed by atoms with Crippen molar-refractivity contribution < 1.29 is 13.6 Å². The fraction of sp³-hybridized carbons (Fsp3) is 0.250. The number of hydrogen-bond acceptors (Lipinski definition) is 4. The normalized spacial score (nSPS) is 10.7. The molecule has 0 atom stereocenters. The molecule has 2 N–H and O–H groups in total. The summed E-state index contributed by atoms with van der Waals surface area (Å²) in [7, 11) is 0. The van der Waals surface area contributed by atoms with Crippen molar-refractivity contribution in [1.29, 1.82) is 0 Å². The number of hydrogen-bond donors (Lipinski definition) is 1. The quantitative estimate of drug-likeness (QED) is 0.817. The third kappa shape index (κ3) is 3.19. The molecule has 2 rings (SSSR count). The van der Waals surface area contributed by atoms with Gasteiger partial charge in [-0.1, -0.05) is 5.21 Å². The highest BCUT2D eigenvalue weighted by Gasteiger charge is 2.14. The van der Waals surface area contributed by atoms with Crippen molar-refractivity contribution in [1.82, 2.24) is 15.0 Å². The number of carbonyl (C=O) groups excluding carboxylic acids is 1. The highest BCUT2D eigenvalue weighted by atomic mass is 19.1. The Bertz CT molecular complexity index is 597. The summed E-state index contributed by atoms with van der Waals surface area (Å²) >= 11 is 0. The maximum atomic E-state index is 13.4. The van der Waals surface area contributed by atoms with Crippen molar-refractivity contribution in [2.75, 3.05) is 6.54 Å². The van der Waals surface area contributed by atoms with Gasteiger partial charge in [-0.05, 0) is 23.8 Å². The number of nitrogens with zero attached hydrogens (tertiary/aromatic N) is 3. The lowest BCUT2D eigenvalue weighted by molar-refractivity contribution is 0.0987. The Hall–Kier alpha value is -2.15. The number of Topliss-reactive ketones (excluding diaryl/α,β-unsaturated/α-hetero) is 1. The molecular weight excluding hydrogens is 254 g/mol. The molecule has 0 saturated carbocycles. The Morgan fingerprint density at radius 3 is 2.89 bits per heavy atom. The van der Waals surface area contributed by atoms with Crippen LogP contribution in [0.25, 0.3) is 0 Å². The van der Waals surface area contributed by atoms with Crippen LogP contribution in [0.3, 0.4) is 0 Å². The Kier molecular flexibility index (Phi) is 3.96. The molecule has 0 bridgehead atoms. The highest BCUT2D eigenvalue weighted by Crippen LogP contribution is 2.12. The minimum absolute atomic E-state index is 0.00150. The van der Waals surface area contributed by atoms with Gasteiger partial charge < -0.3 is 5.73 Å². The van der Waals surface area contributed by atoms with Gasteiger partial charge in [0.2, 0.25) is 0 Å². The van der Waals surface area contributed by atoms with Crippen LogP contribution in [-0.4, -0.2) is 27.3 Å². The van der Waals surface area contributed by atoms with E-state index in [9.17, 15) is 13.6 Å². The van der Waals surface area contributed by atoms with Gasteiger partial charge in [0.25, 0.3) is 0 Å². The highest BCUT2D eigenvalue weighted by molar-refractivity contribution is 5.95. The van der Waals surface area contributed by atoms with Crippen LogP contribution >= 0.6 is 0 Å². The molecule has 1 aromatic heterocycles. The minimum Gasteiger partial charge on any atom is -0.329 e. The number of benzene rings is 1. The molecule has 0 fully saturated rings. The van der Waals surface area contributed by atoms with Crippen molar-refractivity contribution in [3.63, 3.8) is 0 Å². The molecule has 0 aliphatic heterocycles. The third-order valence-electron chi connectivity index (χ3n) is 2.54. The topological polar surface area (TPSA) is 73.8 Å². The zero-order valence-electron chi connectivity index (χ0n) is 10.0. The predicted octanol–water partition coefficient (Wildman–Crippen LogP) is 0.940. The summed E-state index contributed by atoms with van der Waals surface area (Å²) < 4.78 is 27.8. The Morgan fingerprint density at radius 2 is 2.16 bits per heavy atom. The first-order chi connectivity index (χ1) is 9.10. The zero-order valence-corrected chi connectivity index (χ0v) is 10.0. The van der Waals surface area contributed by atoms with Crippen molar-refractivity contribution in [2.45, 2.75) is 13.0 Å². The van der Waals surface area contributed by atoms with Crippen LogP contribution in [0, 0.1) is 11.6 Å². The lowest BCUT2D eigenvalue weighted by Crippen LogP contribution is -2.10. The molecule has 0 aliphatic rings. The lowest BCUT2D eigenvalue weighted by Gasteiger charge is -2.01. The first-order valence-electron chi connectivity index (χ1n) is 5.67. The minimum atomic E-state index is -0.621. The van der Waals surface area contributed by atoms with Crippen molar-refractivity contribution >= 4 is 5.78 Å². The second-order valence-electron chi connectivity index (χ2n) is 3.99. The zero-order chi connectivity index (χ0) is 13.8. The standard InChI is InChI=1S/C12H12F2N4O/c13-9-1-2-10(14)8(5-9)6-12(19)11-7-18(4-3-15)17-16-11/h1-2,5,7H,3-4,6,15H2. The molecule has 1 aromatic carbocycles. The largest absolute Gasteiger partial charge is 0.329 e. The molecule has 0 radical (unpaired) electrons. The van der Waals surface area contributed by atoms with E-state index in [1.165, 1.54) is 10.9 Å². The Morgan fingerprint density at radius 1 is 1.37 bits per heavy atom. The van der Waals surface area contributed by atoms with Crippen LogP contribution in [0.15, 0.2) is 24.4 Å². The van der Waals surface area contributed by atoms with Crippen LogP contribution in [0.1, 0.15) is 16.1 Å². The summed E-state index contributed by atoms with van der Waals surface area (Å²) in [6, 6.07) is 2.99. The van der Waals surface area contributed by atoms with E-state index >= 15 is 0 Å². The van der Waals surface area contributed by atoms with Crippen molar-refractivity contribution in [3.8, 4) is 0 Å². The molecular formula is C12H12F2N4O. The van der Waals surface area contributed by atoms with Gasteiger partial charge in [-0.15, -0.1) is 5.10 Å². The molecule has 7 heteroatoms. The van der Waals surface area contributed by atoms with Gasteiger partial charge in [-0.25, -0.2) is 8.78 Å². The summed E-state index contributed by atoms with van der Waals surface area (Å²) in [5.41, 5.74) is 5.45. The maximum Gasteiger partial charge on any atom is 0.189 e. The maximum absolute atomic E-state index is 13.4. The second-order valence-corrected chi connectivity index (χ2v) is 3.99. The van der Waals surface area contributed by atoms with Gasteiger partial charge in [0, 0.05) is 13.0 Å².